The molecule has 1 atom stereocenters. The molecular weight excluding hydrogens is 419 g/mol. The highest BCUT2D eigenvalue weighted by Crippen LogP contribution is 2.25. The van der Waals surface area contributed by atoms with E-state index in [4.69, 9.17) is 16.3 Å². The van der Waals surface area contributed by atoms with Gasteiger partial charge < -0.3 is 14.5 Å². The summed E-state index contributed by atoms with van der Waals surface area (Å²) in [6.45, 7) is 3.09. The topological polar surface area (TPSA) is 49.9 Å². The first-order chi connectivity index (χ1) is 15.0. The highest BCUT2D eigenvalue weighted by Gasteiger charge is 2.28. The summed E-state index contributed by atoms with van der Waals surface area (Å²) in [5.74, 6) is -0.174. The number of benzene rings is 2. The zero-order valence-electron chi connectivity index (χ0n) is 17.4. The van der Waals surface area contributed by atoms with Gasteiger partial charge in [-0.3, -0.25) is 9.59 Å². The molecule has 0 aromatic heterocycles. The lowest BCUT2D eigenvalue weighted by atomic mass is 9.98. The Bertz CT molecular complexity index is 941. The van der Waals surface area contributed by atoms with Crippen LogP contribution in [0.3, 0.4) is 0 Å². The van der Waals surface area contributed by atoms with Gasteiger partial charge in [0.2, 0.25) is 0 Å². The van der Waals surface area contributed by atoms with Crippen molar-refractivity contribution in [3.8, 4) is 5.75 Å². The summed E-state index contributed by atoms with van der Waals surface area (Å²) in [7, 11) is 0. The molecule has 0 radical (unpaired) electrons. The van der Waals surface area contributed by atoms with E-state index in [2.05, 4.69) is 0 Å². The molecule has 2 heterocycles. The van der Waals surface area contributed by atoms with Crippen LogP contribution in [0.4, 0.5) is 4.39 Å². The zero-order chi connectivity index (χ0) is 21.8. The fourth-order valence-corrected chi connectivity index (χ4v) is 4.53. The summed E-state index contributed by atoms with van der Waals surface area (Å²) < 4.78 is 20.1. The Labute approximate surface area is 186 Å². The number of halogens is 2. The Kier molecular flexibility index (Phi) is 6.76. The summed E-state index contributed by atoms with van der Waals surface area (Å²) in [5, 5.41) is 0.128. The molecule has 164 valence electrons. The van der Waals surface area contributed by atoms with Gasteiger partial charge in [-0.15, -0.1) is 0 Å². The van der Waals surface area contributed by atoms with Crippen molar-refractivity contribution in [1.82, 2.24) is 9.80 Å². The first kappa shape index (κ1) is 21.6. The van der Waals surface area contributed by atoms with Crippen LogP contribution in [-0.4, -0.2) is 54.4 Å². The van der Waals surface area contributed by atoms with Gasteiger partial charge >= 0.3 is 0 Å². The number of carbonyl (C=O) groups is 2. The highest BCUT2D eigenvalue weighted by atomic mass is 35.5. The van der Waals surface area contributed by atoms with Gasteiger partial charge in [0.05, 0.1) is 17.2 Å². The standard InChI is InChI=1S/C24H26ClFN2O3/c25-20-9-4-10-21(26)22(20)24(30)28-13-5-6-17(15-28)16-31-19-8-3-7-18(14-19)23(29)27-11-1-2-12-27/h3-4,7-10,14,17H,1-2,5-6,11-13,15-16H2/t17-/m1/s1. The van der Waals surface area contributed by atoms with Gasteiger partial charge in [0, 0.05) is 37.7 Å². The van der Waals surface area contributed by atoms with E-state index in [9.17, 15) is 14.0 Å². The number of piperidine rings is 1. The molecule has 0 saturated carbocycles. The van der Waals surface area contributed by atoms with Crippen LogP contribution in [0.1, 0.15) is 46.4 Å². The van der Waals surface area contributed by atoms with Crippen molar-refractivity contribution in [3.63, 3.8) is 0 Å². The van der Waals surface area contributed by atoms with Gasteiger partial charge in [0.1, 0.15) is 11.6 Å². The van der Waals surface area contributed by atoms with E-state index in [1.54, 1.807) is 11.0 Å². The van der Waals surface area contributed by atoms with Crippen molar-refractivity contribution < 1.29 is 18.7 Å². The lowest BCUT2D eigenvalue weighted by Gasteiger charge is -2.33. The lowest BCUT2D eigenvalue weighted by molar-refractivity contribution is 0.0628. The Morgan fingerprint density at radius 2 is 1.74 bits per heavy atom. The fourth-order valence-electron chi connectivity index (χ4n) is 4.28. The van der Waals surface area contributed by atoms with Crippen molar-refractivity contribution in [2.75, 3.05) is 32.8 Å². The molecule has 5 nitrogen and oxygen atoms in total. The maximum Gasteiger partial charge on any atom is 0.258 e. The summed E-state index contributed by atoms with van der Waals surface area (Å²) in [5.41, 5.74) is 0.563. The molecule has 7 heteroatoms. The SMILES string of the molecule is O=C(c1cccc(OC[C@@H]2CCCN(C(=O)c3c(F)cccc3Cl)C2)c1)N1CCCC1. The summed E-state index contributed by atoms with van der Waals surface area (Å²) in [6, 6.07) is 11.5. The number of nitrogens with zero attached hydrogens (tertiary/aromatic N) is 2. The normalized spacial score (nSPS) is 18.8. The Morgan fingerprint density at radius 1 is 1.00 bits per heavy atom. The van der Waals surface area contributed by atoms with Crippen LogP contribution in [0.25, 0.3) is 0 Å². The van der Waals surface area contributed by atoms with Crippen molar-refractivity contribution in [3.05, 3.63) is 64.4 Å². The quantitative estimate of drug-likeness (QED) is 0.674. The maximum atomic E-state index is 14.1. The van der Waals surface area contributed by atoms with E-state index < -0.39 is 5.82 Å². The predicted octanol–water partition coefficient (Wildman–Crippen LogP) is 4.65. The third-order valence-electron chi connectivity index (χ3n) is 5.94. The predicted molar refractivity (Wildman–Crippen MR) is 117 cm³/mol. The van der Waals surface area contributed by atoms with Crippen LogP contribution in [0.5, 0.6) is 5.75 Å². The summed E-state index contributed by atoms with van der Waals surface area (Å²) in [4.78, 5) is 28.9. The molecule has 4 rings (SSSR count). The van der Waals surface area contributed by atoms with E-state index >= 15 is 0 Å². The molecule has 0 bridgehead atoms. The molecule has 2 saturated heterocycles. The minimum Gasteiger partial charge on any atom is -0.493 e. The van der Waals surface area contributed by atoms with Crippen LogP contribution in [-0.2, 0) is 0 Å². The minimum atomic E-state index is -0.602. The van der Waals surface area contributed by atoms with Crippen LogP contribution >= 0.6 is 11.6 Å². The molecule has 2 fully saturated rings. The second kappa shape index (κ2) is 9.69. The third kappa shape index (κ3) is 5.01. The number of ether oxygens (including phenoxy) is 1. The molecule has 0 unspecified atom stereocenters. The van der Waals surface area contributed by atoms with Gasteiger partial charge in [-0.1, -0.05) is 23.7 Å². The molecular formula is C24H26ClFN2O3. The molecule has 2 aliphatic rings. The fraction of sp³-hybridized carbons (Fsp3) is 0.417. The summed E-state index contributed by atoms with van der Waals surface area (Å²) >= 11 is 6.07. The van der Waals surface area contributed by atoms with Crippen molar-refractivity contribution in [2.45, 2.75) is 25.7 Å². The first-order valence-electron chi connectivity index (χ1n) is 10.8. The lowest BCUT2D eigenvalue weighted by Crippen LogP contribution is -2.42. The Balaban J connectivity index is 1.36. The van der Waals surface area contributed by atoms with Crippen molar-refractivity contribution >= 4 is 23.4 Å². The number of hydrogen-bond donors (Lipinski definition) is 0. The summed E-state index contributed by atoms with van der Waals surface area (Å²) in [6.07, 6.45) is 3.84. The second-order valence-corrected chi connectivity index (χ2v) is 8.60. The minimum absolute atomic E-state index is 0.0409. The van der Waals surface area contributed by atoms with E-state index in [1.807, 2.05) is 23.1 Å². The van der Waals surface area contributed by atoms with E-state index in [0.717, 1.165) is 38.8 Å². The molecule has 2 aliphatic heterocycles. The molecule has 2 aromatic rings. The van der Waals surface area contributed by atoms with Crippen LogP contribution in [0.15, 0.2) is 42.5 Å². The number of carbonyl (C=O) groups excluding carboxylic acids is 2. The monoisotopic (exact) mass is 444 g/mol. The third-order valence-corrected chi connectivity index (χ3v) is 6.26. The highest BCUT2D eigenvalue weighted by molar-refractivity contribution is 6.33. The molecule has 2 aromatic carbocycles. The number of hydrogen-bond acceptors (Lipinski definition) is 3. The molecule has 0 spiro atoms. The van der Waals surface area contributed by atoms with E-state index in [1.165, 1.54) is 18.2 Å². The van der Waals surface area contributed by atoms with Crippen LogP contribution in [0, 0.1) is 11.7 Å². The van der Waals surface area contributed by atoms with E-state index in [-0.39, 0.29) is 28.3 Å². The average molecular weight is 445 g/mol. The smallest absolute Gasteiger partial charge is 0.258 e. The van der Waals surface area contributed by atoms with Crippen LogP contribution in [0.2, 0.25) is 5.02 Å². The first-order valence-corrected chi connectivity index (χ1v) is 11.2. The average Bonchev–Trinajstić information content (AvgIpc) is 3.32. The van der Waals surface area contributed by atoms with Gasteiger partial charge in [-0.25, -0.2) is 4.39 Å². The molecule has 0 N–H and O–H groups in total. The van der Waals surface area contributed by atoms with Crippen molar-refractivity contribution in [1.29, 1.82) is 0 Å². The second-order valence-electron chi connectivity index (χ2n) is 8.19. The van der Waals surface area contributed by atoms with Gasteiger partial charge in [-0.05, 0) is 56.0 Å². The van der Waals surface area contributed by atoms with Crippen LogP contribution < -0.4 is 4.74 Å². The molecule has 2 amide bonds. The van der Waals surface area contributed by atoms with Gasteiger partial charge in [-0.2, -0.15) is 0 Å². The maximum absolute atomic E-state index is 14.1. The molecule has 31 heavy (non-hydrogen) atoms. The molecule has 0 aliphatic carbocycles. The zero-order valence-corrected chi connectivity index (χ0v) is 18.1. The Morgan fingerprint density at radius 3 is 2.52 bits per heavy atom. The Hall–Kier alpha value is -2.60. The number of amides is 2. The number of likely N-dealkylation sites (tertiary alicyclic amines) is 2. The van der Waals surface area contributed by atoms with Gasteiger partial charge in [0.25, 0.3) is 11.8 Å². The number of rotatable bonds is 5. The largest absolute Gasteiger partial charge is 0.493 e. The van der Waals surface area contributed by atoms with E-state index in [0.29, 0.717) is 31.0 Å². The van der Waals surface area contributed by atoms with Gasteiger partial charge in [0.15, 0.2) is 0 Å². The van der Waals surface area contributed by atoms with Crippen molar-refractivity contribution in [2.24, 2.45) is 5.92 Å².